The lowest BCUT2D eigenvalue weighted by Gasteiger charge is -2.29. The summed E-state index contributed by atoms with van der Waals surface area (Å²) in [4.78, 5) is 38.8. The first-order valence-corrected chi connectivity index (χ1v) is 11.3. The summed E-state index contributed by atoms with van der Waals surface area (Å²) < 4.78 is 0. The molecule has 168 valence electrons. The van der Waals surface area contributed by atoms with Gasteiger partial charge in [0.25, 0.3) is 5.91 Å². The number of rotatable bonds is 6. The monoisotopic (exact) mass is 441 g/mol. The first-order valence-electron chi connectivity index (χ1n) is 11.3. The Morgan fingerprint density at radius 3 is 2.79 bits per heavy atom. The number of hydrogen-bond donors (Lipinski definition) is 2. The molecule has 0 spiro atoms. The van der Waals surface area contributed by atoms with Gasteiger partial charge >= 0.3 is 0 Å². The maximum atomic E-state index is 12.8. The molecule has 0 saturated heterocycles. The van der Waals surface area contributed by atoms with Crippen molar-refractivity contribution in [3.63, 3.8) is 0 Å². The fourth-order valence-corrected chi connectivity index (χ4v) is 4.57. The largest absolute Gasteiger partial charge is 0.347 e. The second-order valence-corrected chi connectivity index (χ2v) is 9.25. The third-order valence-electron chi connectivity index (χ3n) is 6.94. The molecule has 2 aliphatic rings. The minimum atomic E-state index is -0.756. The van der Waals surface area contributed by atoms with E-state index in [0.29, 0.717) is 24.0 Å². The Morgan fingerprint density at radius 2 is 2.06 bits per heavy atom. The van der Waals surface area contributed by atoms with Crippen LogP contribution in [-0.4, -0.2) is 26.8 Å². The second-order valence-electron chi connectivity index (χ2n) is 9.25. The van der Waals surface area contributed by atoms with Crippen LogP contribution >= 0.6 is 0 Å². The molecule has 1 aliphatic carbocycles. The van der Waals surface area contributed by atoms with Crippen molar-refractivity contribution < 1.29 is 9.59 Å². The Morgan fingerprint density at radius 1 is 1.24 bits per heavy atom. The van der Waals surface area contributed by atoms with Gasteiger partial charge in [-0.05, 0) is 62.1 Å². The van der Waals surface area contributed by atoms with E-state index in [1.54, 1.807) is 18.5 Å². The van der Waals surface area contributed by atoms with Gasteiger partial charge in [-0.3, -0.25) is 19.6 Å². The quantitative estimate of drug-likeness (QED) is 0.603. The molecule has 1 unspecified atom stereocenters. The van der Waals surface area contributed by atoms with E-state index in [0.717, 1.165) is 28.1 Å². The number of amides is 2. The predicted molar refractivity (Wildman–Crippen MR) is 125 cm³/mol. The van der Waals surface area contributed by atoms with Crippen LogP contribution in [0.25, 0.3) is 0 Å². The molecule has 2 N–H and O–H groups in total. The number of hydrogen-bond acceptors (Lipinski definition) is 5. The Hall–Kier alpha value is -3.61. The van der Waals surface area contributed by atoms with Crippen LogP contribution in [0.1, 0.15) is 77.1 Å². The summed E-state index contributed by atoms with van der Waals surface area (Å²) in [6.07, 6.45) is 5.75. The Balaban J connectivity index is 1.29. The van der Waals surface area contributed by atoms with Crippen LogP contribution in [-0.2, 0) is 16.8 Å². The standard InChI is InChI=1S/C26H27N5O2/c1-15-11-17(12-22(30-15)18-6-7-18)13-29-24(32)21-9-8-19(14-28-21)16(2)26(3)20-5-4-10-27-23(20)31-25(26)33/h4-5,8-12,14,16,18H,6-7,13H2,1-3H3,(H,29,32)(H,27,31,33)/t16?,26-/m1/s1. The normalized spacial score (nSPS) is 20.2. The molecular formula is C26H27N5O2. The van der Waals surface area contributed by atoms with Crippen molar-refractivity contribution >= 4 is 17.6 Å². The average molecular weight is 442 g/mol. The van der Waals surface area contributed by atoms with E-state index in [1.165, 1.54) is 12.8 Å². The van der Waals surface area contributed by atoms with Crippen LogP contribution in [0.4, 0.5) is 5.82 Å². The van der Waals surface area contributed by atoms with Crippen LogP contribution in [0, 0.1) is 6.92 Å². The van der Waals surface area contributed by atoms with Crippen molar-refractivity contribution in [2.24, 2.45) is 0 Å². The highest BCUT2D eigenvalue weighted by Gasteiger charge is 2.48. The molecule has 1 fully saturated rings. The molecule has 1 aliphatic heterocycles. The fraction of sp³-hybridized carbons (Fsp3) is 0.346. The summed E-state index contributed by atoms with van der Waals surface area (Å²) >= 11 is 0. The zero-order valence-electron chi connectivity index (χ0n) is 19.1. The molecule has 0 radical (unpaired) electrons. The third kappa shape index (κ3) is 3.88. The van der Waals surface area contributed by atoms with E-state index in [2.05, 4.69) is 31.7 Å². The minimum absolute atomic E-state index is 0.0799. The SMILES string of the molecule is Cc1cc(CNC(=O)c2ccc(C(C)[C@@]3(C)C(=O)Nc4ncccc43)cn2)cc(C2CC2)n1. The van der Waals surface area contributed by atoms with Gasteiger partial charge in [-0.1, -0.05) is 19.1 Å². The van der Waals surface area contributed by atoms with Crippen molar-refractivity contribution in [3.05, 3.63) is 82.6 Å². The zero-order chi connectivity index (χ0) is 23.2. The summed E-state index contributed by atoms with van der Waals surface area (Å²) in [6, 6.07) is 11.5. The first kappa shape index (κ1) is 21.2. The Labute approximate surface area is 193 Å². The van der Waals surface area contributed by atoms with Crippen LogP contribution in [0.15, 0.2) is 48.8 Å². The number of fused-ring (bicyclic) bond motifs is 1. The van der Waals surface area contributed by atoms with E-state index in [1.807, 2.05) is 45.0 Å². The Kier molecular flexibility index (Phi) is 5.19. The predicted octanol–water partition coefficient (Wildman–Crippen LogP) is 4.00. The van der Waals surface area contributed by atoms with Gasteiger partial charge in [0.15, 0.2) is 0 Å². The smallest absolute Gasteiger partial charge is 0.270 e. The third-order valence-corrected chi connectivity index (χ3v) is 6.94. The molecule has 2 amide bonds. The zero-order valence-corrected chi connectivity index (χ0v) is 19.1. The van der Waals surface area contributed by atoms with Crippen molar-refractivity contribution in [2.75, 3.05) is 5.32 Å². The maximum Gasteiger partial charge on any atom is 0.270 e. The van der Waals surface area contributed by atoms with E-state index >= 15 is 0 Å². The van der Waals surface area contributed by atoms with Crippen molar-refractivity contribution in [3.8, 4) is 0 Å². The second kappa shape index (κ2) is 8.06. The summed E-state index contributed by atoms with van der Waals surface area (Å²) in [5, 5.41) is 5.84. The molecule has 33 heavy (non-hydrogen) atoms. The number of anilines is 1. The van der Waals surface area contributed by atoms with Crippen LogP contribution in [0.3, 0.4) is 0 Å². The lowest BCUT2D eigenvalue weighted by Crippen LogP contribution is -2.36. The molecule has 0 aromatic carbocycles. The van der Waals surface area contributed by atoms with E-state index in [-0.39, 0.29) is 17.7 Å². The average Bonchev–Trinajstić information content (AvgIpc) is 3.64. The number of aromatic nitrogens is 3. The van der Waals surface area contributed by atoms with Gasteiger partial charge in [-0.2, -0.15) is 0 Å². The van der Waals surface area contributed by atoms with E-state index in [4.69, 9.17) is 0 Å². The molecule has 3 aromatic heterocycles. The number of carbonyl (C=O) groups excluding carboxylic acids is 2. The van der Waals surface area contributed by atoms with Crippen LogP contribution < -0.4 is 10.6 Å². The molecule has 1 saturated carbocycles. The molecule has 4 heterocycles. The Bertz CT molecular complexity index is 1240. The number of pyridine rings is 3. The van der Waals surface area contributed by atoms with Gasteiger partial charge in [0.05, 0.1) is 5.41 Å². The molecular weight excluding hydrogens is 414 g/mol. The van der Waals surface area contributed by atoms with E-state index in [9.17, 15) is 9.59 Å². The van der Waals surface area contributed by atoms with Crippen molar-refractivity contribution in [1.82, 2.24) is 20.3 Å². The lowest BCUT2D eigenvalue weighted by molar-refractivity contribution is -0.120. The van der Waals surface area contributed by atoms with Crippen molar-refractivity contribution in [2.45, 2.75) is 57.4 Å². The minimum Gasteiger partial charge on any atom is -0.347 e. The van der Waals surface area contributed by atoms with Crippen molar-refractivity contribution in [1.29, 1.82) is 0 Å². The summed E-state index contributed by atoms with van der Waals surface area (Å²) in [7, 11) is 0. The van der Waals surface area contributed by atoms with Crippen LogP contribution in [0.2, 0.25) is 0 Å². The van der Waals surface area contributed by atoms with Crippen LogP contribution in [0.5, 0.6) is 0 Å². The first-order chi connectivity index (χ1) is 15.9. The van der Waals surface area contributed by atoms with Gasteiger partial charge in [0, 0.05) is 47.7 Å². The molecule has 3 aromatic rings. The number of aryl methyl sites for hydroxylation is 1. The molecule has 5 rings (SSSR count). The molecule has 2 atom stereocenters. The number of nitrogens with zero attached hydrogens (tertiary/aromatic N) is 3. The van der Waals surface area contributed by atoms with Gasteiger partial charge < -0.3 is 10.6 Å². The summed E-state index contributed by atoms with van der Waals surface area (Å²) in [6.45, 7) is 6.34. The summed E-state index contributed by atoms with van der Waals surface area (Å²) in [5.74, 6) is 0.729. The number of carbonyl (C=O) groups is 2. The highest BCUT2D eigenvalue weighted by Crippen LogP contribution is 2.45. The van der Waals surface area contributed by atoms with Gasteiger partial charge in [0.2, 0.25) is 5.91 Å². The van der Waals surface area contributed by atoms with Gasteiger partial charge in [0.1, 0.15) is 11.5 Å². The number of nitrogens with one attached hydrogen (secondary N) is 2. The van der Waals surface area contributed by atoms with Gasteiger partial charge in [-0.25, -0.2) is 4.98 Å². The highest BCUT2D eigenvalue weighted by atomic mass is 16.2. The van der Waals surface area contributed by atoms with E-state index < -0.39 is 5.41 Å². The molecule has 7 heteroatoms. The molecule has 0 bridgehead atoms. The van der Waals surface area contributed by atoms with Gasteiger partial charge in [-0.15, -0.1) is 0 Å². The lowest BCUT2D eigenvalue weighted by atomic mass is 9.71. The topological polar surface area (TPSA) is 96.9 Å². The molecule has 7 nitrogen and oxygen atoms in total. The summed E-state index contributed by atoms with van der Waals surface area (Å²) in [5.41, 5.74) is 4.51. The maximum absolute atomic E-state index is 12.8. The highest BCUT2D eigenvalue weighted by molar-refractivity contribution is 6.05. The fourth-order valence-electron chi connectivity index (χ4n) is 4.57.